The maximum atomic E-state index is 4.99. The number of rotatable bonds is 17. The van der Waals surface area contributed by atoms with Gasteiger partial charge in [-0.2, -0.15) is 0 Å². The van der Waals surface area contributed by atoms with Crippen LogP contribution >= 0.6 is 22.7 Å². The highest BCUT2D eigenvalue weighted by molar-refractivity contribution is 7.16. The molecule has 0 radical (unpaired) electrons. The predicted octanol–water partition coefficient (Wildman–Crippen LogP) is 9.68. The molecule has 0 atom stereocenters. The maximum absolute atomic E-state index is 4.99. The second-order valence-corrected chi connectivity index (χ2v) is 18.8. The van der Waals surface area contributed by atoms with Crippen molar-refractivity contribution in [2.75, 3.05) is 0 Å². The Bertz CT molecular complexity index is 3060. The number of fused-ring (bicyclic) bond motifs is 2. The molecular formula is C56H54N8S2+4. The molecule has 0 saturated carbocycles. The first-order valence-electron chi connectivity index (χ1n) is 23.0. The Balaban J connectivity index is 0.767. The molecule has 0 amide bonds. The van der Waals surface area contributed by atoms with Crippen molar-refractivity contribution in [3.05, 3.63) is 228 Å². The number of hydrogen-bond acceptors (Lipinski definition) is 4. The van der Waals surface area contributed by atoms with Gasteiger partial charge in [0.15, 0.2) is 62.7 Å². The van der Waals surface area contributed by atoms with Crippen LogP contribution < -0.4 is 27.9 Å². The maximum Gasteiger partial charge on any atom is 0.211 e. The third-order valence-corrected chi connectivity index (χ3v) is 14.2. The highest BCUT2D eigenvalue weighted by atomic mass is 32.1. The van der Waals surface area contributed by atoms with Gasteiger partial charge in [-0.3, -0.25) is 0 Å². The molecule has 6 aromatic heterocycles. The fourth-order valence-electron chi connectivity index (χ4n) is 8.54. The van der Waals surface area contributed by atoms with E-state index in [1.54, 1.807) is 22.7 Å². The number of unbranched alkanes of at least 4 members (excludes halogenated alkanes) is 2. The van der Waals surface area contributed by atoms with E-state index < -0.39 is 0 Å². The first kappa shape index (κ1) is 42.8. The Labute approximate surface area is 393 Å². The molecule has 0 N–H and O–H groups in total. The summed E-state index contributed by atoms with van der Waals surface area (Å²) in [7, 11) is 0. The molecule has 0 unspecified atom stereocenters. The van der Waals surface area contributed by atoms with Crippen molar-refractivity contribution in [2.45, 2.75) is 65.0 Å². The fourth-order valence-corrected chi connectivity index (χ4v) is 10.6. The molecular weight excluding hydrogens is 849 g/mol. The molecule has 0 aliphatic rings. The zero-order valence-electron chi connectivity index (χ0n) is 37.1. The van der Waals surface area contributed by atoms with Crippen molar-refractivity contribution in [1.82, 2.24) is 9.13 Å². The summed E-state index contributed by atoms with van der Waals surface area (Å²) in [5.41, 5.74) is 9.94. The van der Waals surface area contributed by atoms with Crippen molar-refractivity contribution < 1.29 is 18.3 Å². The molecule has 0 fully saturated rings. The van der Waals surface area contributed by atoms with Crippen LogP contribution in [0.5, 0.6) is 0 Å². The Morgan fingerprint density at radius 2 is 0.682 bits per heavy atom. The van der Waals surface area contributed by atoms with Gasteiger partial charge in [0.25, 0.3) is 0 Å². The summed E-state index contributed by atoms with van der Waals surface area (Å²) in [6.45, 7) is 5.43. The SMILES string of the molecule is c1ccc(C[n+]2ccc(-c3cc[n+](CCCCn4c(=NN=c5sc6ccccc6n5CCCC[n+]5ccc(-c6cc[n+](Cc7ccccc7)cc6)cc5)sc5ccccc54)cc3)cc2)cc1. The largest absolute Gasteiger partial charge is 0.315 e. The summed E-state index contributed by atoms with van der Waals surface area (Å²) in [6.07, 6.45) is 21.7. The topological polar surface area (TPSA) is 50.1 Å². The van der Waals surface area contributed by atoms with Gasteiger partial charge in [0.05, 0.1) is 20.4 Å². The van der Waals surface area contributed by atoms with Crippen LogP contribution in [0.4, 0.5) is 0 Å². The van der Waals surface area contributed by atoms with Crippen LogP contribution in [-0.2, 0) is 39.3 Å². The Morgan fingerprint density at radius 1 is 0.348 bits per heavy atom. The lowest BCUT2D eigenvalue weighted by Gasteiger charge is -2.05. The molecule has 10 rings (SSSR count). The van der Waals surface area contributed by atoms with Crippen molar-refractivity contribution >= 4 is 43.1 Å². The minimum atomic E-state index is 0.871. The summed E-state index contributed by atoms with van der Waals surface area (Å²) < 4.78 is 16.2. The normalized spacial score (nSPS) is 12.1. The molecule has 10 heteroatoms. The van der Waals surface area contributed by atoms with E-state index in [1.807, 2.05) is 0 Å². The lowest BCUT2D eigenvalue weighted by Crippen LogP contribution is -2.33. The van der Waals surface area contributed by atoms with Gasteiger partial charge in [-0.05, 0) is 59.4 Å². The molecule has 0 aliphatic heterocycles. The van der Waals surface area contributed by atoms with Crippen molar-refractivity contribution in [3.63, 3.8) is 0 Å². The van der Waals surface area contributed by atoms with E-state index in [4.69, 9.17) is 10.2 Å². The molecule has 0 aliphatic carbocycles. The first-order chi connectivity index (χ1) is 32.7. The lowest BCUT2D eigenvalue weighted by molar-refractivity contribution is -0.697. The number of aromatic nitrogens is 6. The average molecular weight is 903 g/mol. The standard InChI is InChI=1S/C56H54N8S2/c1-3-15-45(16-4-1)43-61-39-27-49(28-40-61)47-23-35-59(36-24-47)31-11-13-33-63-51-19-7-9-21-53(51)65-55(63)57-58-56-64(52-20-8-10-22-54(52)66-56)34-14-12-32-60-37-25-48(26-38-60)50-29-41-62(42-30-50)44-46-17-5-2-6-18-46/h1-10,15-30,35-42H,11-14,31-34,43-44H2/q+4. The summed E-state index contributed by atoms with van der Waals surface area (Å²) in [6, 6.07) is 56.1. The molecule has 4 aromatic carbocycles. The summed E-state index contributed by atoms with van der Waals surface area (Å²) in [5, 5.41) is 9.98. The van der Waals surface area contributed by atoms with Crippen LogP contribution in [0.25, 0.3) is 42.7 Å². The predicted molar refractivity (Wildman–Crippen MR) is 265 cm³/mol. The van der Waals surface area contributed by atoms with Gasteiger partial charge in [0, 0.05) is 85.6 Å². The van der Waals surface area contributed by atoms with Crippen LogP contribution in [-0.4, -0.2) is 9.13 Å². The van der Waals surface area contributed by atoms with E-state index in [1.165, 1.54) is 53.8 Å². The number of nitrogens with zero attached hydrogens (tertiary/aromatic N) is 8. The average Bonchev–Trinajstić information content (AvgIpc) is 3.92. The number of thiazole rings is 2. The number of benzene rings is 4. The minimum Gasteiger partial charge on any atom is -0.315 e. The van der Waals surface area contributed by atoms with Crippen LogP contribution in [0.3, 0.4) is 0 Å². The minimum absolute atomic E-state index is 0.871. The Kier molecular flexibility index (Phi) is 13.5. The lowest BCUT2D eigenvalue weighted by atomic mass is 10.1. The van der Waals surface area contributed by atoms with Crippen LogP contribution in [0, 0.1) is 0 Å². The van der Waals surface area contributed by atoms with Gasteiger partial charge in [-0.1, -0.05) is 108 Å². The Morgan fingerprint density at radius 3 is 1.06 bits per heavy atom. The van der Waals surface area contributed by atoms with E-state index in [2.05, 4.69) is 235 Å². The Hall–Kier alpha value is -7.14. The van der Waals surface area contributed by atoms with Crippen LogP contribution in [0.15, 0.2) is 218 Å². The van der Waals surface area contributed by atoms with E-state index in [0.29, 0.717) is 0 Å². The highest BCUT2D eigenvalue weighted by Crippen LogP contribution is 2.21. The third-order valence-electron chi connectivity index (χ3n) is 12.1. The molecule has 326 valence electrons. The number of para-hydroxylation sites is 2. The summed E-state index contributed by atoms with van der Waals surface area (Å²) >= 11 is 3.43. The summed E-state index contributed by atoms with van der Waals surface area (Å²) in [4.78, 5) is 1.87. The zero-order chi connectivity index (χ0) is 44.3. The number of pyridine rings is 4. The van der Waals surface area contributed by atoms with Gasteiger partial charge in [0.1, 0.15) is 13.1 Å². The van der Waals surface area contributed by atoms with Crippen LogP contribution in [0.1, 0.15) is 36.8 Å². The summed E-state index contributed by atoms with van der Waals surface area (Å²) in [5.74, 6) is 0. The molecule has 66 heavy (non-hydrogen) atoms. The van der Waals surface area contributed by atoms with Gasteiger partial charge in [-0.15, -0.1) is 10.2 Å². The van der Waals surface area contributed by atoms with E-state index in [-0.39, 0.29) is 0 Å². The van der Waals surface area contributed by atoms with E-state index in [9.17, 15) is 0 Å². The smallest absolute Gasteiger partial charge is 0.211 e. The fraction of sp³-hybridized carbons (Fsp3) is 0.179. The molecule has 0 saturated heterocycles. The first-order valence-corrected chi connectivity index (χ1v) is 24.6. The molecule has 0 spiro atoms. The zero-order valence-corrected chi connectivity index (χ0v) is 38.7. The van der Waals surface area contributed by atoms with Crippen molar-refractivity contribution in [1.29, 1.82) is 0 Å². The third kappa shape index (κ3) is 10.5. The molecule has 10 aromatic rings. The van der Waals surface area contributed by atoms with Crippen molar-refractivity contribution in [3.8, 4) is 22.3 Å². The van der Waals surface area contributed by atoms with Gasteiger partial charge >= 0.3 is 0 Å². The quantitative estimate of drug-likeness (QED) is 0.0497. The number of aryl methyl sites for hydroxylation is 4. The second kappa shape index (κ2) is 20.8. The van der Waals surface area contributed by atoms with E-state index in [0.717, 1.165) is 74.6 Å². The molecule has 6 heterocycles. The number of hydrogen-bond donors (Lipinski definition) is 0. The van der Waals surface area contributed by atoms with Crippen LogP contribution in [0.2, 0.25) is 0 Å². The van der Waals surface area contributed by atoms with E-state index >= 15 is 0 Å². The molecule has 0 bridgehead atoms. The second-order valence-electron chi connectivity index (χ2n) is 16.8. The van der Waals surface area contributed by atoms with Gasteiger partial charge in [-0.25, -0.2) is 18.3 Å². The van der Waals surface area contributed by atoms with Crippen molar-refractivity contribution in [2.24, 2.45) is 10.2 Å². The van der Waals surface area contributed by atoms with Gasteiger partial charge in [0.2, 0.25) is 9.60 Å². The monoisotopic (exact) mass is 902 g/mol. The van der Waals surface area contributed by atoms with Gasteiger partial charge < -0.3 is 9.13 Å². The highest BCUT2D eigenvalue weighted by Gasteiger charge is 2.12. The molecule has 8 nitrogen and oxygen atoms in total.